The minimum atomic E-state index is -1.03. The summed E-state index contributed by atoms with van der Waals surface area (Å²) in [4.78, 5) is 14.2. The Hall–Kier alpha value is -1.29. The van der Waals surface area contributed by atoms with Crippen molar-refractivity contribution in [2.75, 3.05) is 19.6 Å². The quantitative estimate of drug-likeness (QED) is 0.770. The van der Waals surface area contributed by atoms with Crippen LogP contribution in [0.25, 0.3) is 0 Å². The van der Waals surface area contributed by atoms with Gasteiger partial charge in [0.2, 0.25) is 0 Å². The van der Waals surface area contributed by atoms with Crippen molar-refractivity contribution in [2.45, 2.75) is 26.7 Å². The predicted octanol–water partition coefficient (Wildman–Crippen LogP) is 3.52. The molecule has 1 aliphatic heterocycles. The number of ketones is 1. The Bertz CT molecular complexity index is 487. The van der Waals surface area contributed by atoms with E-state index in [-0.39, 0.29) is 17.8 Å². The second-order valence-corrected chi connectivity index (χ2v) is 5.87. The third-order valence-electron chi connectivity index (χ3n) is 4.16. The van der Waals surface area contributed by atoms with Crippen molar-refractivity contribution in [3.8, 4) is 0 Å². The highest BCUT2D eigenvalue weighted by molar-refractivity contribution is 5.96. The molecule has 0 spiro atoms. The molecule has 2 rings (SSSR count). The largest absolute Gasteiger partial charge is 0.303 e. The lowest BCUT2D eigenvalue weighted by Gasteiger charge is -2.17. The van der Waals surface area contributed by atoms with Gasteiger partial charge < -0.3 is 4.90 Å². The lowest BCUT2D eigenvalue weighted by Crippen LogP contribution is -2.25. The van der Waals surface area contributed by atoms with Gasteiger partial charge in [0.05, 0.1) is 5.56 Å². The standard InChI is InChI=1S/C16H21F2NO/c1-11(2)12-6-8-19(10-12)9-7-15(20)13-4-3-5-14(17)16(13)18/h3-5,11-12H,6-10H2,1-2H3. The van der Waals surface area contributed by atoms with Crippen molar-refractivity contribution < 1.29 is 13.6 Å². The van der Waals surface area contributed by atoms with Gasteiger partial charge in [0, 0.05) is 19.5 Å². The van der Waals surface area contributed by atoms with Crippen molar-refractivity contribution in [1.82, 2.24) is 4.90 Å². The van der Waals surface area contributed by atoms with Crippen LogP contribution in [0.3, 0.4) is 0 Å². The Morgan fingerprint density at radius 2 is 2.15 bits per heavy atom. The van der Waals surface area contributed by atoms with Crippen LogP contribution in [0.5, 0.6) is 0 Å². The van der Waals surface area contributed by atoms with Gasteiger partial charge in [0.1, 0.15) is 0 Å². The van der Waals surface area contributed by atoms with E-state index in [0.717, 1.165) is 25.6 Å². The summed E-state index contributed by atoms with van der Waals surface area (Å²) in [5, 5.41) is 0. The van der Waals surface area contributed by atoms with Gasteiger partial charge in [-0.15, -0.1) is 0 Å². The molecule has 1 heterocycles. The van der Waals surface area contributed by atoms with Gasteiger partial charge in [-0.1, -0.05) is 19.9 Å². The Morgan fingerprint density at radius 3 is 2.80 bits per heavy atom. The maximum Gasteiger partial charge on any atom is 0.169 e. The lowest BCUT2D eigenvalue weighted by atomic mass is 9.95. The van der Waals surface area contributed by atoms with E-state index in [1.807, 2.05) is 0 Å². The molecule has 20 heavy (non-hydrogen) atoms. The van der Waals surface area contributed by atoms with E-state index < -0.39 is 11.6 Å². The average Bonchev–Trinajstić information content (AvgIpc) is 2.88. The zero-order valence-corrected chi connectivity index (χ0v) is 12.0. The van der Waals surface area contributed by atoms with Crippen LogP contribution >= 0.6 is 0 Å². The van der Waals surface area contributed by atoms with Crippen LogP contribution in [-0.2, 0) is 0 Å². The van der Waals surface area contributed by atoms with Crippen molar-refractivity contribution in [3.63, 3.8) is 0 Å². The molecule has 2 nitrogen and oxygen atoms in total. The van der Waals surface area contributed by atoms with Gasteiger partial charge in [-0.05, 0) is 36.9 Å². The van der Waals surface area contributed by atoms with Gasteiger partial charge in [-0.2, -0.15) is 0 Å². The molecule has 0 N–H and O–H groups in total. The van der Waals surface area contributed by atoms with Gasteiger partial charge in [-0.25, -0.2) is 8.78 Å². The van der Waals surface area contributed by atoms with E-state index in [1.54, 1.807) is 0 Å². The molecule has 1 fully saturated rings. The van der Waals surface area contributed by atoms with Gasteiger partial charge in [0.15, 0.2) is 17.4 Å². The smallest absolute Gasteiger partial charge is 0.169 e. The number of carbonyl (C=O) groups excluding carboxylic acids is 1. The molecule has 0 bridgehead atoms. The first kappa shape index (κ1) is 15.1. The number of likely N-dealkylation sites (tertiary alicyclic amines) is 1. The third kappa shape index (κ3) is 3.42. The fraction of sp³-hybridized carbons (Fsp3) is 0.562. The highest BCUT2D eigenvalue weighted by Crippen LogP contribution is 2.24. The summed E-state index contributed by atoms with van der Waals surface area (Å²) >= 11 is 0. The Labute approximate surface area is 118 Å². The molecular formula is C16H21F2NO. The third-order valence-corrected chi connectivity index (χ3v) is 4.16. The molecule has 1 saturated heterocycles. The molecule has 1 atom stereocenters. The molecular weight excluding hydrogens is 260 g/mol. The van der Waals surface area contributed by atoms with E-state index in [9.17, 15) is 13.6 Å². The molecule has 0 aliphatic carbocycles. The van der Waals surface area contributed by atoms with E-state index in [1.165, 1.54) is 12.1 Å². The van der Waals surface area contributed by atoms with Crippen LogP contribution in [0.4, 0.5) is 8.78 Å². The Balaban J connectivity index is 1.89. The van der Waals surface area contributed by atoms with Gasteiger partial charge in [0.25, 0.3) is 0 Å². The number of Topliss-reactive ketones (excluding diaryl/α,β-unsaturated/α-hetero) is 1. The highest BCUT2D eigenvalue weighted by Gasteiger charge is 2.25. The molecule has 0 amide bonds. The monoisotopic (exact) mass is 281 g/mol. The molecule has 1 aliphatic rings. The lowest BCUT2D eigenvalue weighted by molar-refractivity contribution is 0.0963. The van der Waals surface area contributed by atoms with Crippen molar-refractivity contribution in [3.05, 3.63) is 35.4 Å². The van der Waals surface area contributed by atoms with E-state index >= 15 is 0 Å². The molecule has 0 saturated carbocycles. The van der Waals surface area contributed by atoms with Crippen LogP contribution in [-0.4, -0.2) is 30.3 Å². The summed E-state index contributed by atoms with van der Waals surface area (Å²) in [5.74, 6) is -0.988. The number of halogens is 2. The maximum absolute atomic E-state index is 13.5. The summed E-state index contributed by atoms with van der Waals surface area (Å²) in [5.41, 5.74) is -0.135. The normalized spacial score (nSPS) is 19.8. The molecule has 1 aromatic rings. The van der Waals surface area contributed by atoms with E-state index in [0.29, 0.717) is 18.4 Å². The topological polar surface area (TPSA) is 20.3 Å². The van der Waals surface area contributed by atoms with Crippen LogP contribution in [0.2, 0.25) is 0 Å². The first-order valence-electron chi connectivity index (χ1n) is 7.18. The Kier molecular flexibility index (Phi) is 4.86. The minimum Gasteiger partial charge on any atom is -0.303 e. The van der Waals surface area contributed by atoms with E-state index in [2.05, 4.69) is 18.7 Å². The second kappa shape index (κ2) is 6.44. The number of benzene rings is 1. The summed E-state index contributed by atoms with van der Waals surface area (Å²) < 4.78 is 26.6. The number of hydrogen-bond acceptors (Lipinski definition) is 2. The minimum absolute atomic E-state index is 0.135. The fourth-order valence-electron chi connectivity index (χ4n) is 2.72. The van der Waals surface area contributed by atoms with Crippen molar-refractivity contribution in [1.29, 1.82) is 0 Å². The molecule has 0 aromatic heterocycles. The molecule has 1 aromatic carbocycles. The van der Waals surface area contributed by atoms with Gasteiger partial charge in [-0.3, -0.25) is 4.79 Å². The second-order valence-electron chi connectivity index (χ2n) is 5.87. The molecule has 110 valence electrons. The zero-order valence-electron chi connectivity index (χ0n) is 12.0. The number of nitrogens with zero attached hydrogens (tertiary/aromatic N) is 1. The summed E-state index contributed by atoms with van der Waals surface area (Å²) in [6, 6.07) is 3.75. The van der Waals surface area contributed by atoms with Crippen molar-refractivity contribution in [2.24, 2.45) is 11.8 Å². The number of carbonyl (C=O) groups is 1. The van der Waals surface area contributed by atoms with E-state index in [4.69, 9.17) is 0 Å². The molecule has 4 heteroatoms. The Morgan fingerprint density at radius 1 is 1.40 bits per heavy atom. The maximum atomic E-state index is 13.5. The highest BCUT2D eigenvalue weighted by atomic mass is 19.2. The first-order valence-corrected chi connectivity index (χ1v) is 7.18. The predicted molar refractivity (Wildman–Crippen MR) is 74.7 cm³/mol. The number of rotatable bonds is 5. The first-order chi connectivity index (χ1) is 9.49. The van der Waals surface area contributed by atoms with Crippen LogP contribution < -0.4 is 0 Å². The van der Waals surface area contributed by atoms with Crippen molar-refractivity contribution >= 4 is 5.78 Å². The summed E-state index contributed by atoms with van der Waals surface area (Å²) in [6.07, 6.45) is 1.39. The molecule has 1 unspecified atom stereocenters. The average molecular weight is 281 g/mol. The summed E-state index contributed by atoms with van der Waals surface area (Å²) in [7, 11) is 0. The van der Waals surface area contributed by atoms with Gasteiger partial charge >= 0.3 is 0 Å². The molecule has 0 radical (unpaired) electrons. The summed E-state index contributed by atoms with van der Waals surface area (Å²) in [6.45, 7) is 7.03. The fourth-order valence-corrected chi connectivity index (χ4v) is 2.72. The zero-order chi connectivity index (χ0) is 14.7. The van der Waals surface area contributed by atoms with Crippen LogP contribution in [0.15, 0.2) is 18.2 Å². The van der Waals surface area contributed by atoms with Crippen LogP contribution in [0.1, 0.15) is 37.0 Å². The number of hydrogen-bond donors (Lipinski definition) is 0. The van der Waals surface area contributed by atoms with Crippen LogP contribution in [0, 0.1) is 23.5 Å². The SMILES string of the molecule is CC(C)C1CCN(CCC(=O)c2cccc(F)c2F)C1.